The Balaban J connectivity index is 1.58. The van der Waals surface area contributed by atoms with Crippen molar-refractivity contribution in [1.29, 1.82) is 0 Å². The van der Waals surface area contributed by atoms with Crippen LogP contribution in [0, 0.1) is 5.92 Å². The van der Waals surface area contributed by atoms with Crippen LogP contribution in [0.15, 0.2) is 5.38 Å². The van der Waals surface area contributed by atoms with Crippen molar-refractivity contribution in [3.8, 4) is 0 Å². The van der Waals surface area contributed by atoms with E-state index in [1.54, 1.807) is 0 Å². The molecule has 0 bridgehead atoms. The summed E-state index contributed by atoms with van der Waals surface area (Å²) in [6, 6.07) is 0. The van der Waals surface area contributed by atoms with E-state index in [1.165, 1.54) is 62.3 Å². The number of hydrogen-bond acceptors (Lipinski definition) is 3. The molecule has 2 aliphatic rings. The zero-order chi connectivity index (χ0) is 10.8. The van der Waals surface area contributed by atoms with Crippen molar-refractivity contribution in [2.45, 2.75) is 44.4 Å². The molecule has 1 saturated carbocycles. The highest BCUT2D eigenvalue weighted by Crippen LogP contribution is 2.38. The van der Waals surface area contributed by atoms with E-state index >= 15 is 0 Å². The fourth-order valence-electron chi connectivity index (χ4n) is 2.65. The Hall–Kier alpha value is -0.410. The van der Waals surface area contributed by atoms with Gasteiger partial charge in [-0.1, -0.05) is 6.42 Å². The van der Waals surface area contributed by atoms with Gasteiger partial charge in [-0.05, 0) is 51.1 Å². The standard InChI is InChI=1S/C13H20N2S/c1-4-11(5-1)13-15-12(9-16-13)7-10-3-2-6-14-8-10/h9-11,14H,1-8H2. The molecule has 0 amide bonds. The van der Waals surface area contributed by atoms with E-state index in [0.717, 1.165) is 11.8 Å². The molecule has 1 unspecified atom stereocenters. The van der Waals surface area contributed by atoms with Crippen LogP contribution in [0.5, 0.6) is 0 Å². The molecule has 1 aromatic rings. The molecule has 3 rings (SSSR count). The number of nitrogens with zero attached hydrogens (tertiary/aromatic N) is 1. The highest BCUT2D eigenvalue weighted by Gasteiger charge is 2.23. The van der Waals surface area contributed by atoms with Gasteiger partial charge < -0.3 is 5.32 Å². The zero-order valence-electron chi connectivity index (χ0n) is 9.74. The van der Waals surface area contributed by atoms with Gasteiger partial charge in [-0.2, -0.15) is 0 Å². The quantitative estimate of drug-likeness (QED) is 0.873. The maximum Gasteiger partial charge on any atom is 0.0959 e. The van der Waals surface area contributed by atoms with Gasteiger partial charge in [-0.25, -0.2) is 4.98 Å². The van der Waals surface area contributed by atoms with E-state index in [0.29, 0.717) is 0 Å². The van der Waals surface area contributed by atoms with Crippen LogP contribution in [-0.2, 0) is 6.42 Å². The molecular formula is C13H20N2S. The van der Waals surface area contributed by atoms with Gasteiger partial charge in [-0.3, -0.25) is 0 Å². The summed E-state index contributed by atoms with van der Waals surface area (Å²) in [5.41, 5.74) is 1.35. The highest BCUT2D eigenvalue weighted by molar-refractivity contribution is 7.09. The van der Waals surface area contributed by atoms with Crippen molar-refractivity contribution in [3.63, 3.8) is 0 Å². The second kappa shape index (κ2) is 4.84. The summed E-state index contributed by atoms with van der Waals surface area (Å²) >= 11 is 1.89. The van der Waals surface area contributed by atoms with Gasteiger partial charge in [0.15, 0.2) is 0 Å². The first-order chi connectivity index (χ1) is 7.92. The molecule has 1 N–H and O–H groups in total. The van der Waals surface area contributed by atoms with Crippen LogP contribution in [0.2, 0.25) is 0 Å². The Morgan fingerprint density at radius 2 is 2.25 bits per heavy atom. The predicted molar refractivity (Wildman–Crippen MR) is 68.0 cm³/mol. The van der Waals surface area contributed by atoms with Crippen molar-refractivity contribution in [2.75, 3.05) is 13.1 Å². The molecule has 1 saturated heterocycles. The lowest BCUT2D eigenvalue weighted by Crippen LogP contribution is -2.30. The van der Waals surface area contributed by atoms with Crippen LogP contribution in [-0.4, -0.2) is 18.1 Å². The number of hydrogen-bond donors (Lipinski definition) is 1. The Bertz CT molecular complexity index is 337. The van der Waals surface area contributed by atoms with E-state index in [1.807, 2.05) is 11.3 Å². The first-order valence-corrected chi connectivity index (χ1v) is 7.45. The topological polar surface area (TPSA) is 24.9 Å². The van der Waals surface area contributed by atoms with E-state index < -0.39 is 0 Å². The highest BCUT2D eigenvalue weighted by atomic mass is 32.1. The number of nitrogens with one attached hydrogen (secondary N) is 1. The van der Waals surface area contributed by atoms with E-state index in [4.69, 9.17) is 4.98 Å². The summed E-state index contributed by atoms with van der Waals surface area (Å²) in [6.45, 7) is 2.40. The van der Waals surface area contributed by atoms with E-state index in [2.05, 4.69) is 10.7 Å². The third-order valence-electron chi connectivity index (χ3n) is 3.92. The lowest BCUT2D eigenvalue weighted by atomic mass is 9.86. The second-order valence-electron chi connectivity index (χ2n) is 5.22. The van der Waals surface area contributed by atoms with Gasteiger partial charge in [0, 0.05) is 11.3 Å². The minimum atomic E-state index is 0.809. The monoisotopic (exact) mass is 236 g/mol. The number of piperidine rings is 1. The molecule has 0 aromatic carbocycles. The van der Waals surface area contributed by atoms with Crippen molar-refractivity contribution < 1.29 is 0 Å². The van der Waals surface area contributed by atoms with Gasteiger partial charge in [0.1, 0.15) is 0 Å². The maximum absolute atomic E-state index is 4.82. The van der Waals surface area contributed by atoms with Gasteiger partial charge in [-0.15, -0.1) is 11.3 Å². The minimum Gasteiger partial charge on any atom is -0.316 e. The average molecular weight is 236 g/mol. The van der Waals surface area contributed by atoms with E-state index in [9.17, 15) is 0 Å². The Morgan fingerprint density at radius 1 is 1.31 bits per heavy atom. The predicted octanol–water partition coefficient (Wildman–Crippen LogP) is 2.95. The van der Waals surface area contributed by atoms with Crippen LogP contribution in [0.25, 0.3) is 0 Å². The minimum absolute atomic E-state index is 0.809. The van der Waals surface area contributed by atoms with Crippen LogP contribution >= 0.6 is 11.3 Å². The number of thiazole rings is 1. The second-order valence-corrected chi connectivity index (χ2v) is 6.11. The summed E-state index contributed by atoms with van der Waals surface area (Å²) in [7, 11) is 0. The molecule has 88 valence electrons. The first kappa shape index (κ1) is 10.7. The molecule has 1 aromatic heterocycles. The fraction of sp³-hybridized carbons (Fsp3) is 0.769. The Morgan fingerprint density at radius 3 is 2.94 bits per heavy atom. The van der Waals surface area contributed by atoms with Crippen molar-refractivity contribution >= 4 is 11.3 Å². The Kier molecular flexibility index (Phi) is 3.25. The largest absolute Gasteiger partial charge is 0.316 e. The van der Waals surface area contributed by atoms with Crippen molar-refractivity contribution in [1.82, 2.24) is 10.3 Å². The molecule has 1 aliphatic heterocycles. The average Bonchev–Trinajstić information content (AvgIpc) is 2.65. The third-order valence-corrected chi connectivity index (χ3v) is 4.98. The molecular weight excluding hydrogens is 216 g/mol. The van der Waals surface area contributed by atoms with Crippen LogP contribution < -0.4 is 5.32 Å². The molecule has 16 heavy (non-hydrogen) atoms. The fourth-order valence-corrected chi connectivity index (χ4v) is 3.66. The lowest BCUT2D eigenvalue weighted by molar-refractivity contribution is 0.372. The molecule has 2 nitrogen and oxygen atoms in total. The summed E-state index contributed by atoms with van der Waals surface area (Å²) < 4.78 is 0. The smallest absolute Gasteiger partial charge is 0.0959 e. The molecule has 1 atom stereocenters. The third kappa shape index (κ3) is 2.30. The summed E-state index contributed by atoms with van der Waals surface area (Å²) in [5, 5.41) is 7.18. The maximum atomic E-state index is 4.82. The van der Waals surface area contributed by atoms with Crippen molar-refractivity contribution in [3.05, 3.63) is 16.1 Å². The molecule has 0 spiro atoms. The summed E-state index contributed by atoms with van der Waals surface area (Å²) in [5.74, 6) is 1.63. The van der Waals surface area contributed by atoms with Crippen LogP contribution in [0.4, 0.5) is 0 Å². The van der Waals surface area contributed by atoms with Crippen LogP contribution in [0.3, 0.4) is 0 Å². The van der Waals surface area contributed by atoms with Gasteiger partial charge in [0.2, 0.25) is 0 Å². The molecule has 2 heterocycles. The van der Waals surface area contributed by atoms with Crippen LogP contribution in [0.1, 0.15) is 48.7 Å². The lowest BCUT2D eigenvalue weighted by Gasteiger charge is -2.23. The molecule has 0 radical (unpaired) electrons. The summed E-state index contributed by atoms with van der Waals surface area (Å²) in [4.78, 5) is 4.82. The zero-order valence-corrected chi connectivity index (χ0v) is 10.6. The number of rotatable bonds is 3. The van der Waals surface area contributed by atoms with Gasteiger partial charge in [0.25, 0.3) is 0 Å². The van der Waals surface area contributed by atoms with Crippen molar-refractivity contribution in [2.24, 2.45) is 5.92 Å². The number of aromatic nitrogens is 1. The molecule has 3 heteroatoms. The SMILES string of the molecule is c1sc(C2CCC2)nc1CC1CCCNC1. The molecule has 2 fully saturated rings. The normalized spacial score (nSPS) is 26.6. The summed E-state index contributed by atoms with van der Waals surface area (Å²) in [6.07, 6.45) is 8.06. The van der Waals surface area contributed by atoms with Gasteiger partial charge >= 0.3 is 0 Å². The Labute approximate surface area is 101 Å². The van der Waals surface area contributed by atoms with Gasteiger partial charge in [0.05, 0.1) is 10.7 Å². The van der Waals surface area contributed by atoms with E-state index in [-0.39, 0.29) is 0 Å². The first-order valence-electron chi connectivity index (χ1n) is 6.57. The molecule has 1 aliphatic carbocycles.